The standard InChI is InChI=1S/C32H46N10O4/c33-15-7-6-14-25(28(35)43)40-30(45)26(17-20-9-2-1-3-10-20)42-31(46)27(18-21-19-39-24-13-5-4-11-22(21)24)41-29(44)23(34)12-8-16-38-32(36)37/h1-5,9-11,13,19,23,25-27,39H,6-8,12,14-18,33-34H2,(H2,35,43)(H,40,45)(H,41,44)(H,42,46)(H4,36,37,38)/t23-,25+,26+,27+/m1/s1. The lowest BCUT2D eigenvalue weighted by atomic mass is 10.0. The second-order valence-electron chi connectivity index (χ2n) is 11.2. The molecular formula is C32H46N10O4. The molecule has 0 unspecified atom stereocenters. The van der Waals surface area contributed by atoms with Crippen LogP contribution in [0.4, 0.5) is 0 Å². The first-order valence-electron chi connectivity index (χ1n) is 15.4. The van der Waals surface area contributed by atoms with Gasteiger partial charge in [-0.2, -0.15) is 0 Å². The van der Waals surface area contributed by atoms with Crippen molar-refractivity contribution in [2.45, 2.75) is 69.1 Å². The van der Waals surface area contributed by atoms with E-state index in [1.165, 1.54) is 0 Å². The smallest absolute Gasteiger partial charge is 0.243 e. The van der Waals surface area contributed by atoms with Gasteiger partial charge in [0.15, 0.2) is 5.96 Å². The van der Waals surface area contributed by atoms with Crippen molar-refractivity contribution in [3.63, 3.8) is 0 Å². The van der Waals surface area contributed by atoms with E-state index in [4.69, 9.17) is 28.3 Å². The highest BCUT2D eigenvalue weighted by Gasteiger charge is 2.30. The maximum Gasteiger partial charge on any atom is 0.243 e. The molecule has 0 aliphatic rings. The molecular weight excluding hydrogens is 588 g/mol. The fourth-order valence-corrected chi connectivity index (χ4v) is 5.07. The van der Waals surface area contributed by atoms with Gasteiger partial charge in [0.25, 0.3) is 0 Å². The Morgan fingerprint density at radius 1 is 0.761 bits per heavy atom. The topological polar surface area (TPSA) is 260 Å². The molecule has 1 aromatic heterocycles. The molecule has 1 heterocycles. The Morgan fingerprint density at radius 3 is 2.07 bits per heavy atom. The predicted octanol–water partition coefficient (Wildman–Crippen LogP) is -0.388. The van der Waals surface area contributed by atoms with Gasteiger partial charge in [0.2, 0.25) is 23.6 Å². The molecule has 0 saturated carbocycles. The minimum atomic E-state index is -1.09. The Hall–Kier alpha value is -4.95. The third kappa shape index (κ3) is 11.2. The van der Waals surface area contributed by atoms with Crippen LogP contribution < -0.4 is 44.2 Å². The number of carbonyl (C=O) groups excluding carboxylic acids is 4. The molecule has 3 rings (SSSR count). The summed E-state index contributed by atoms with van der Waals surface area (Å²) in [5.74, 6) is -2.59. The average Bonchev–Trinajstić information content (AvgIpc) is 3.44. The number of nitrogens with one attached hydrogen (secondary N) is 6. The number of primary amides is 1. The van der Waals surface area contributed by atoms with E-state index in [0.717, 1.165) is 22.0 Å². The molecule has 4 atom stereocenters. The molecule has 248 valence electrons. The van der Waals surface area contributed by atoms with Crippen molar-refractivity contribution < 1.29 is 19.2 Å². The highest BCUT2D eigenvalue weighted by molar-refractivity contribution is 5.95. The molecule has 0 aliphatic heterocycles. The molecule has 2 aromatic carbocycles. The zero-order valence-corrected chi connectivity index (χ0v) is 25.9. The van der Waals surface area contributed by atoms with Crippen LogP contribution in [0, 0.1) is 5.41 Å². The van der Waals surface area contributed by atoms with Crippen LogP contribution in [0.1, 0.15) is 43.2 Å². The van der Waals surface area contributed by atoms with E-state index in [0.29, 0.717) is 38.8 Å². The van der Waals surface area contributed by atoms with Gasteiger partial charge in [-0.25, -0.2) is 0 Å². The summed E-state index contributed by atoms with van der Waals surface area (Å²) in [6.07, 6.45) is 4.33. The SMILES string of the molecule is N=C(N)NCCC[C@@H](N)C(=O)N[C@@H](Cc1c[nH]c2ccccc12)C(=O)N[C@@H](Cc1ccccc1)C(=O)N[C@@H](CCCCN)C(N)=O. The lowest BCUT2D eigenvalue weighted by molar-refractivity contribution is -0.133. The number of guanidine groups is 1. The van der Waals surface area contributed by atoms with E-state index < -0.39 is 47.8 Å². The van der Waals surface area contributed by atoms with Crippen LogP contribution >= 0.6 is 0 Å². The van der Waals surface area contributed by atoms with Crippen molar-refractivity contribution in [2.24, 2.45) is 22.9 Å². The quantitative estimate of drug-likeness (QED) is 0.0471. The fraction of sp³-hybridized carbons (Fsp3) is 0.406. The number of benzene rings is 2. The lowest BCUT2D eigenvalue weighted by Gasteiger charge is -2.26. The Bertz CT molecular complexity index is 1460. The first-order chi connectivity index (χ1) is 22.1. The first-order valence-corrected chi connectivity index (χ1v) is 15.4. The monoisotopic (exact) mass is 634 g/mol. The first kappa shape index (κ1) is 35.5. The van der Waals surface area contributed by atoms with Gasteiger partial charge in [0, 0.05) is 36.5 Å². The summed E-state index contributed by atoms with van der Waals surface area (Å²) in [6, 6.07) is 12.7. The summed E-state index contributed by atoms with van der Waals surface area (Å²) in [5.41, 5.74) is 25.0. The Morgan fingerprint density at radius 2 is 1.39 bits per heavy atom. The number of amides is 4. The second-order valence-corrected chi connectivity index (χ2v) is 11.2. The molecule has 0 radical (unpaired) electrons. The van der Waals surface area contributed by atoms with Gasteiger partial charge in [-0.3, -0.25) is 24.6 Å². The van der Waals surface area contributed by atoms with Crippen molar-refractivity contribution >= 4 is 40.5 Å². The second kappa shape index (κ2) is 18.1. The predicted molar refractivity (Wildman–Crippen MR) is 177 cm³/mol. The van der Waals surface area contributed by atoms with E-state index in [2.05, 4.69) is 26.3 Å². The number of aromatic amines is 1. The summed E-state index contributed by atoms with van der Waals surface area (Å²) in [6.45, 7) is 0.805. The van der Waals surface area contributed by atoms with E-state index in [9.17, 15) is 19.2 Å². The molecule has 14 heteroatoms. The van der Waals surface area contributed by atoms with Crippen molar-refractivity contribution in [1.82, 2.24) is 26.3 Å². The minimum absolute atomic E-state index is 0.114. The summed E-state index contributed by atoms with van der Waals surface area (Å²) in [5, 5.41) is 19.1. The van der Waals surface area contributed by atoms with Gasteiger partial charge in [-0.05, 0) is 55.8 Å². The number of hydrogen-bond acceptors (Lipinski definition) is 7. The zero-order chi connectivity index (χ0) is 33.5. The van der Waals surface area contributed by atoms with Crippen LogP contribution in [0.3, 0.4) is 0 Å². The van der Waals surface area contributed by atoms with E-state index in [1.807, 2.05) is 54.6 Å². The van der Waals surface area contributed by atoms with Gasteiger partial charge in [-0.1, -0.05) is 48.5 Å². The van der Waals surface area contributed by atoms with E-state index in [-0.39, 0.29) is 25.2 Å². The maximum absolute atomic E-state index is 13.9. The third-order valence-electron chi connectivity index (χ3n) is 7.60. The van der Waals surface area contributed by atoms with Crippen LogP contribution in [-0.2, 0) is 32.0 Å². The summed E-state index contributed by atoms with van der Waals surface area (Å²) >= 11 is 0. The molecule has 0 fully saturated rings. The number of carbonyl (C=O) groups is 4. The van der Waals surface area contributed by atoms with Gasteiger partial charge in [-0.15, -0.1) is 0 Å². The number of para-hydroxylation sites is 1. The highest BCUT2D eigenvalue weighted by Crippen LogP contribution is 2.19. The van der Waals surface area contributed by atoms with E-state index in [1.54, 1.807) is 6.20 Å². The summed E-state index contributed by atoms with van der Waals surface area (Å²) < 4.78 is 0. The van der Waals surface area contributed by atoms with Crippen molar-refractivity contribution in [2.75, 3.05) is 13.1 Å². The average molecular weight is 635 g/mol. The Labute approximate surface area is 268 Å². The van der Waals surface area contributed by atoms with Gasteiger partial charge < -0.3 is 49.2 Å². The highest BCUT2D eigenvalue weighted by atomic mass is 16.2. The molecule has 0 spiro atoms. The van der Waals surface area contributed by atoms with Crippen LogP contribution in [-0.4, -0.2) is 71.8 Å². The molecule has 4 amide bonds. The lowest BCUT2D eigenvalue weighted by Crippen LogP contribution is -2.58. The van der Waals surface area contributed by atoms with Crippen LogP contribution in [0.25, 0.3) is 10.9 Å². The summed E-state index contributed by atoms with van der Waals surface area (Å²) in [4.78, 5) is 56.0. The number of rotatable bonds is 19. The minimum Gasteiger partial charge on any atom is -0.370 e. The number of fused-ring (bicyclic) bond motifs is 1. The van der Waals surface area contributed by atoms with Crippen LogP contribution in [0.2, 0.25) is 0 Å². The van der Waals surface area contributed by atoms with E-state index >= 15 is 0 Å². The summed E-state index contributed by atoms with van der Waals surface area (Å²) in [7, 11) is 0. The molecule has 46 heavy (non-hydrogen) atoms. The van der Waals surface area contributed by atoms with Gasteiger partial charge in [0.1, 0.15) is 18.1 Å². The third-order valence-corrected chi connectivity index (χ3v) is 7.60. The van der Waals surface area contributed by atoms with Crippen molar-refractivity contribution in [1.29, 1.82) is 5.41 Å². The van der Waals surface area contributed by atoms with Crippen molar-refractivity contribution in [3.05, 3.63) is 71.9 Å². The number of unbranched alkanes of at least 4 members (excludes halogenated alkanes) is 1. The zero-order valence-electron chi connectivity index (χ0n) is 25.9. The molecule has 14 nitrogen and oxygen atoms in total. The van der Waals surface area contributed by atoms with Crippen molar-refractivity contribution in [3.8, 4) is 0 Å². The van der Waals surface area contributed by atoms with Crippen LogP contribution in [0.5, 0.6) is 0 Å². The molecule has 0 aliphatic carbocycles. The molecule has 3 aromatic rings. The largest absolute Gasteiger partial charge is 0.370 e. The van der Waals surface area contributed by atoms with Gasteiger partial charge in [0.05, 0.1) is 6.04 Å². The number of hydrogen-bond donors (Lipinski definition) is 10. The number of H-pyrrole nitrogens is 1. The number of nitrogens with two attached hydrogens (primary N) is 4. The number of aromatic nitrogens is 1. The maximum atomic E-state index is 13.9. The fourth-order valence-electron chi connectivity index (χ4n) is 5.07. The Kier molecular flexibility index (Phi) is 14.0. The Balaban J connectivity index is 1.83. The van der Waals surface area contributed by atoms with Gasteiger partial charge >= 0.3 is 0 Å². The molecule has 0 bridgehead atoms. The molecule has 0 saturated heterocycles. The molecule has 14 N–H and O–H groups in total. The van der Waals surface area contributed by atoms with Crippen LogP contribution in [0.15, 0.2) is 60.8 Å². The normalized spacial score (nSPS) is 13.6.